The van der Waals surface area contributed by atoms with Crippen molar-refractivity contribution in [2.24, 2.45) is 0 Å². The zero-order valence-electron chi connectivity index (χ0n) is 36.1. The first kappa shape index (κ1) is 37.3. The number of aromatic nitrogens is 2. The van der Waals surface area contributed by atoms with Crippen molar-refractivity contribution in [2.45, 2.75) is 65.0 Å². The fourth-order valence-corrected chi connectivity index (χ4v) is 10.0. The maximum atomic E-state index is 5.19. The van der Waals surface area contributed by atoms with Crippen molar-refractivity contribution in [1.29, 1.82) is 0 Å². The van der Waals surface area contributed by atoms with E-state index in [1.807, 2.05) is 6.20 Å². The molecule has 5 nitrogen and oxygen atoms in total. The number of fused-ring (bicyclic) bond motifs is 6. The van der Waals surface area contributed by atoms with Crippen molar-refractivity contribution in [2.75, 3.05) is 17.0 Å². The average Bonchev–Trinajstić information content (AvgIpc) is 3.78. The van der Waals surface area contributed by atoms with Gasteiger partial charge in [-0.2, -0.15) is 5.01 Å². The maximum Gasteiger partial charge on any atom is 0.132 e. The quantitative estimate of drug-likeness (QED) is 0.188. The van der Waals surface area contributed by atoms with Crippen LogP contribution in [0, 0.1) is 0 Å². The van der Waals surface area contributed by atoms with Gasteiger partial charge in [0.2, 0.25) is 0 Å². The third kappa shape index (κ3) is 5.89. The predicted molar refractivity (Wildman–Crippen MR) is 256 cm³/mol. The van der Waals surface area contributed by atoms with Gasteiger partial charge in [0.1, 0.15) is 6.17 Å². The number of H-pyrrole nitrogens is 1. The molecule has 0 fully saturated rings. The summed E-state index contributed by atoms with van der Waals surface area (Å²) in [6, 6.07) is 56.2. The molecule has 0 amide bonds. The first-order valence-corrected chi connectivity index (χ1v) is 21.6. The Kier molecular flexibility index (Phi) is 8.36. The van der Waals surface area contributed by atoms with Crippen molar-refractivity contribution in [1.82, 2.24) is 15.0 Å². The summed E-state index contributed by atoms with van der Waals surface area (Å²) in [7, 11) is 2.26. The molecule has 7 aromatic carbocycles. The van der Waals surface area contributed by atoms with Crippen LogP contribution in [0.4, 0.5) is 22.7 Å². The summed E-state index contributed by atoms with van der Waals surface area (Å²) in [6.07, 6.45) is 2.63. The zero-order valence-corrected chi connectivity index (χ0v) is 36.1. The predicted octanol–water partition coefficient (Wildman–Crippen LogP) is 14.5. The van der Waals surface area contributed by atoms with E-state index in [2.05, 4.69) is 220 Å². The fraction of sp³-hybridized carbons (Fsp3) is 0.196. The minimum absolute atomic E-state index is 0.0335. The van der Waals surface area contributed by atoms with E-state index in [1.165, 1.54) is 66.1 Å². The molecule has 2 aromatic heterocycles. The van der Waals surface area contributed by atoms with Crippen LogP contribution in [-0.2, 0) is 17.3 Å². The molecule has 61 heavy (non-hydrogen) atoms. The lowest BCUT2D eigenvalue weighted by Gasteiger charge is -2.40. The molecule has 1 aliphatic heterocycles. The van der Waals surface area contributed by atoms with Gasteiger partial charge in [-0.25, -0.2) is 0 Å². The number of nitrogens with one attached hydrogen (secondary N) is 1. The van der Waals surface area contributed by atoms with Crippen LogP contribution in [0.2, 0.25) is 0 Å². The molecular weight excluding hydrogens is 743 g/mol. The van der Waals surface area contributed by atoms with Gasteiger partial charge in [0.25, 0.3) is 0 Å². The van der Waals surface area contributed by atoms with Gasteiger partial charge in [-0.1, -0.05) is 139 Å². The summed E-state index contributed by atoms with van der Waals surface area (Å²) in [5.74, 6) is 0. The molecule has 300 valence electrons. The fourth-order valence-electron chi connectivity index (χ4n) is 10.0. The Morgan fingerprint density at radius 2 is 1.34 bits per heavy atom. The lowest BCUT2D eigenvalue weighted by molar-refractivity contribution is 0.279. The minimum atomic E-state index is -0.205. The highest BCUT2D eigenvalue weighted by Crippen LogP contribution is 2.55. The van der Waals surface area contributed by atoms with Crippen LogP contribution in [0.25, 0.3) is 55.0 Å². The molecule has 1 atom stereocenters. The summed E-state index contributed by atoms with van der Waals surface area (Å²) in [4.78, 5) is 11.7. The second-order valence-electron chi connectivity index (χ2n) is 19.0. The van der Waals surface area contributed by atoms with Crippen molar-refractivity contribution in [3.05, 3.63) is 186 Å². The number of anilines is 4. The summed E-state index contributed by atoms with van der Waals surface area (Å²) in [5, 5.41) is 9.91. The highest BCUT2D eigenvalue weighted by atomic mass is 15.7. The molecule has 1 aliphatic carbocycles. The highest BCUT2D eigenvalue weighted by Gasteiger charge is 2.42. The second kappa shape index (κ2) is 13.7. The Balaban J connectivity index is 1.17. The van der Waals surface area contributed by atoms with E-state index in [1.54, 1.807) is 0 Å². The molecule has 0 radical (unpaired) electrons. The number of para-hydroxylation sites is 2. The van der Waals surface area contributed by atoms with Crippen molar-refractivity contribution >= 4 is 55.3 Å². The number of nitrogens with zero attached hydrogens (tertiary/aromatic N) is 4. The van der Waals surface area contributed by atoms with Gasteiger partial charge in [0.15, 0.2) is 0 Å². The van der Waals surface area contributed by atoms with Crippen LogP contribution in [0.1, 0.15) is 75.5 Å². The van der Waals surface area contributed by atoms with Crippen LogP contribution in [0.3, 0.4) is 0 Å². The van der Waals surface area contributed by atoms with Gasteiger partial charge in [-0.3, -0.25) is 9.99 Å². The maximum absolute atomic E-state index is 5.19. The van der Waals surface area contributed by atoms with Gasteiger partial charge in [-0.05, 0) is 105 Å². The van der Waals surface area contributed by atoms with E-state index >= 15 is 0 Å². The Morgan fingerprint density at radius 3 is 2.11 bits per heavy atom. The molecule has 0 saturated heterocycles. The van der Waals surface area contributed by atoms with E-state index in [4.69, 9.17) is 4.98 Å². The topological polar surface area (TPSA) is 38.4 Å². The smallest absolute Gasteiger partial charge is 0.132 e. The van der Waals surface area contributed by atoms with Crippen molar-refractivity contribution < 1.29 is 0 Å². The number of rotatable bonds is 5. The van der Waals surface area contributed by atoms with Gasteiger partial charge < -0.3 is 9.88 Å². The largest absolute Gasteiger partial charge is 0.353 e. The third-order valence-corrected chi connectivity index (χ3v) is 13.1. The normalized spacial score (nSPS) is 15.1. The molecule has 0 saturated carbocycles. The third-order valence-electron chi connectivity index (χ3n) is 13.1. The number of hydrogen-bond donors (Lipinski definition) is 1. The van der Waals surface area contributed by atoms with Crippen LogP contribution in [0.15, 0.2) is 158 Å². The standard InChI is InChI=1S/C56H51N5/c1-55(2,3)39-26-27-45-43(32-39)44-33-40(56(4,5)6)34-48(52(44)58-45)61-46-24-15-14-23-42(46)54(59(61)7)60(41-21-12-9-13-22-41)47-28-25-38-31-37-20-16-19-36-29-30-57-53(49(36)37)51(38)50(47)35-17-10-8-11-18-35/h8-30,32-34,54,58H,31H2,1-7H3. The molecule has 9 aromatic rings. The number of hydrazine groups is 1. The second-order valence-corrected chi connectivity index (χ2v) is 19.0. The van der Waals surface area contributed by atoms with Crippen LogP contribution < -0.4 is 9.91 Å². The Bertz CT molecular complexity index is 3160. The Hall–Kier alpha value is -6.69. The SMILES string of the molecule is CN1C(N(c2ccccc2)c2ccc3c(c2-c2ccccc2)-c2nccc4cccc(c24)C3)c2ccccc2N1c1cc(C(C)(C)C)cc2c1[nH]c1ccc(C(C)(C)C)cc12. The summed E-state index contributed by atoms with van der Waals surface area (Å²) in [5.41, 5.74) is 17.9. The number of aromatic amines is 1. The molecule has 0 bridgehead atoms. The molecule has 2 aliphatic rings. The molecule has 5 heteroatoms. The van der Waals surface area contributed by atoms with Gasteiger partial charge in [0, 0.05) is 57.3 Å². The minimum Gasteiger partial charge on any atom is -0.353 e. The van der Waals surface area contributed by atoms with E-state index in [0.29, 0.717) is 0 Å². The summed E-state index contributed by atoms with van der Waals surface area (Å²) in [6.45, 7) is 13.9. The number of hydrogen-bond acceptors (Lipinski definition) is 4. The molecule has 1 unspecified atom stereocenters. The molecule has 1 N–H and O–H groups in total. The van der Waals surface area contributed by atoms with Gasteiger partial charge >= 0.3 is 0 Å². The molecular formula is C56H51N5. The van der Waals surface area contributed by atoms with Crippen LogP contribution in [-0.4, -0.2) is 22.0 Å². The van der Waals surface area contributed by atoms with E-state index in [9.17, 15) is 0 Å². The van der Waals surface area contributed by atoms with E-state index < -0.39 is 0 Å². The Morgan fingerprint density at radius 1 is 0.623 bits per heavy atom. The van der Waals surface area contributed by atoms with E-state index in [0.717, 1.165) is 45.9 Å². The molecule has 11 rings (SSSR count). The van der Waals surface area contributed by atoms with Crippen molar-refractivity contribution in [3.8, 4) is 22.4 Å². The zero-order chi connectivity index (χ0) is 41.8. The molecule has 3 heterocycles. The van der Waals surface area contributed by atoms with Gasteiger partial charge in [-0.15, -0.1) is 0 Å². The summed E-state index contributed by atoms with van der Waals surface area (Å²) >= 11 is 0. The highest BCUT2D eigenvalue weighted by molar-refractivity contribution is 6.13. The first-order valence-electron chi connectivity index (χ1n) is 21.6. The lowest BCUT2D eigenvalue weighted by atomic mass is 9.81. The monoisotopic (exact) mass is 793 g/mol. The van der Waals surface area contributed by atoms with E-state index in [-0.39, 0.29) is 17.0 Å². The van der Waals surface area contributed by atoms with Crippen molar-refractivity contribution in [3.63, 3.8) is 0 Å². The number of pyridine rings is 1. The lowest BCUT2D eigenvalue weighted by Crippen LogP contribution is -2.40. The van der Waals surface area contributed by atoms with Gasteiger partial charge in [0.05, 0.1) is 28.3 Å². The van der Waals surface area contributed by atoms with Crippen LogP contribution in [0.5, 0.6) is 0 Å². The number of benzene rings is 7. The van der Waals surface area contributed by atoms with Crippen LogP contribution >= 0.6 is 0 Å². The Labute approximate surface area is 358 Å². The average molecular weight is 794 g/mol. The molecule has 0 spiro atoms. The first-order chi connectivity index (χ1) is 29.5. The summed E-state index contributed by atoms with van der Waals surface area (Å²) < 4.78 is 0.